The van der Waals surface area contributed by atoms with E-state index in [4.69, 9.17) is 5.11 Å². The summed E-state index contributed by atoms with van der Waals surface area (Å²) in [7, 11) is 0. The smallest absolute Gasteiger partial charge is 0.303 e. The van der Waals surface area contributed by atoms with Gasteiger partial charge in [-0.05, 0) is 20.3 Å². The molecule has 0 fully saturated rings. The molecule has 104 valence electrons. The monoisotopic (exact) mass is 269 g/mol. The van der Waals surface area contributed by atoms with Crippen molar-refractivity contribution in [3.8, 4) is 0 Å². The van der Waals surface area contributed by atoms with Crippen LogP contribution in [-0.2, 0) is 4.79 Å². The van der Waals surface area contributed by atoms with Crippen LogP contribution in [0.2, 0.25) is 0 Å². The second-order valence-electron chi connectivity index (χ2n) is 4.76. The second kappa shape index (κ2) is 5.51. The number of aromatic amines is 1. The molecule has 8 heteroatoms. The van der Waals surface area contributed by atoms with E-state index >= 15 is 0 Å². The Kier molecular flexibility index (Phi) is 4.26. The van der Waals surface area contributed by atoms with Crippen LogP contribution in [0.4, 0.5) is 5.69 Å². The van der Waals surface area contributed by atoms with E-state index in [0.29, 0.717) is 0 Å². The summed E-state index contributed by atoms with van der Waals surface area (Å²) < 4.78 is 0. The van der Waals surface area contributed by atoms with E-state index in [1.807, 2.05) is 0 Å². The van der Waals surface area contributed by atoms with Crippen molar-refractivity contribution >= 4 is 17.6 Å². The van der Waals surface area contributed by atoms with Gasteiger partial charge in [0.1, 0.15) is 5.69 Å². The van der Waals surface area contributed by atoms with Crippen LogP contribution in [0.5, 0.6) is 0 Å². The summed E-state index contributed by atoms with van der Waals surface area (Å²) in [5.74, 6) is -1.46. The van der Waals surface area contributed by atoms with E-state index in [0.717, 1.165) is 12.3 Å². The number of rotatable bonds is 6. The van der Waals surface area contributed by atoms with E-state index in [9.17, 15) is 19.7 Å². The lowest BCUT2D eigenvalue weighted by atomic mass is 9.98. The fourth-order valence-electron chi connectivity index (χ4n) is 1.48. The highest BCUT2D eigenvalue weighted by Gasteiger charge is 2.23. The Morgan fingerprint density at radius 2 is 2.16 bits per heavy atom. The van der Waals surface area contributed by atoms with Crippen LogP contribution in [-0.4, -0.2) is 32.4 Å². The Hall–Kier alpha value is -2.38. The molecule has 0 aliphatic carbocycles. The number of aromatic nitrogens is 1. The lowest BCUT2D eigenvalue weighted by Crippen LogP contribution is -2.43. The molecule has 1 aromatic rings. The summed E-state index contributed by atoms with van der Waals surface area (Å²) in [6.07, 6.45) is 1.31. The highest BCUT2D eigenvalue weighted by molar-refractivity contribution is 5.93. The molecule has 0 bridgehead atoms. The third kappa shape index (κ3) is 4.41. The molecule has 8 nitrogen and oxygen atoms in total. The van der Waals surface area contributed by atoms with E-state index in [1.54, 1.807) is 13.8 Å². The fourth-order valence-corrected chi connectivity index (χ4v) is 1.48. The molecule has 0 saturated heterocycles. The molecule has 1 amide bonds. The van der Waals surface area contributed by atoms with Crippen LogP contribution in [0.25, 0.3) is 0 Å². The van der Waals surface area contributed by atoms with Crippen molar-refractivity contribution in [2.24, 2.45) is 0 Å². The fraction of sp³-hybridized carbons (Fsp3) is 0.455. The summed E-state index contributed by atoms with van der Waals surface area (Å²) in [5, 5.41) is 21.7. The first-order chi connectivity index (χ1) is 8.71. The van der Waals surface area contributed by atoms with Crippen LogP contribution >= 0.6 is 0 Å². The van der Waals surface area contributed by atoms with Crippen LogP contribution < -0.4 is 5.32 Å². The maximum absolute atomic E-state index is 11.8. The van der Waals surface area contributed by atoms with Gasteiger partial charge < -0.3 is 15.4 Å². The SMILES string of the molecule is CC(C)(CCC(=O)O)NC(=O)c1cc([N+](=O)[O-])c[nH]1. The first-order valence-corrected chi connectivity index (χ1v) is 5.58. The Balaban J connectivity index is 2.67. The summed E-state index contributed by atoms with van der Waals surface area (Å²) in [5.41, 5.74) is -0.848. The Morgan fingerprint density at radius 3 is 2.63 bits per heavy atom. The number of aliphatic carboxylic acids is 1. The number of H-pyrrole nitrogens is 1. The normalized spacial score (nSPS) is 11.1. The molecule has 3 N–H and O–H groups in total. The van der Waals surface area contributed by atoms with Crippen molar-refractivity contribution < 1.29 is 19.6 Å². The quantitative estimate of drug-likeness (QED) is 0.530. The Bertz CT molecular complexity index is 506. The van der Waals surface area contributed by atoms with Crippen LogP contribution in [0.15, 0.2) is 12.3 Å². The number of carbonyl (C=O) groups excluding carboxylic acids is 1. The molecule has 0 saturated carbocycles. The summed E-state index contributed by atoms with van der Waals surface area (Å²) >= 11 is 0. The second-order valence-corrected chi connectivity index (χ2v) is 4.76. The predicted molar refractivity (Wildman–Crippen MR) is 65.9 cm³/mol. The van der Waals surface area contributed by atoms with E-state index in [-0.39, 0.29) is 24.2 Å². The van der Waals surface area contributed by atoms with Gasteiger partial charge in [0.25, 0.3) is 11.6 Å². The van der Waals surface area contributed by atoms with Gasteiger partial charge in [-0.15, -0.1) is 0 Å². The molecule has 0 radical (unpaired) electrons. The van der Waals surface area contributed by atoms with Gasteiger partial charge in [-0.2, -0.15) is 0 Å². The van der Waals surface area contributed by atoms with Crippen LogP contribution in [0, 0.1) is 10.1 Å². The molecule has 0 spiro atoms. The molecule has 0 aliphatic rings. The molecule has 0 aliphatic heterocycles. The lowest BCUT2D eigenvalue weighted by Gasteiger charge is -2.25. The average molecular weight is 269 g/mol. The van der Waals surface area contributed by atoms with Gasteiger partial charge in [0.05, 0.1) is 11.1 Å². The van der Waals surface area contributed by atoms with Gasteiger partial charge in [-0.3, -0.25) is 19.7 Å². The number of nitrogens with one attached hydrogen (secondary N) is 2. The topological polar surface area (TPSA) is 125 Å². The number of nitrogens with zero attached hydrogens (tertiary/aromatic N) is 1. The van der Waals surface area contributed by atoms with Gasteiger partial charge in [-0.25, -0.2) is 0 Å². The highest BCUT2D eigenvalue weighted by atomic mass is 16.6. The maximum Gasteiger partial charge on any atom is 0.303 e. The zero-order valence-corrected chi connectivity index (χ0v) is 10.6. The number of carbonyl (C=O) groups is 2. The molecule has 1 aromatic heterocycles. The van der Waals surface area contributed by atoms with E-state index < -0.39 is 22.3 Å². The first-order valence-electron chi connectivity index (χ1n) is 5.58. The van der Waals surface area contributed by atoms with Crippen LogP contribution in [0.1, 0.15) is 37.2 Å². The summed E-state index contributed by atoms with van der Waals surface area (Å²) in [6, 6.07) is 1.13. The molecule has 0 unspecified atom stereocenters. The molecule has 19 heavy (non-hydrogen) atoms. The van der Waals surface area contributed by atoms with Crippen molar-refractivity contribution in [3.05, 3.63) is 28.1 Å². The van der Waals surface area contributed by atoms with Gasteiger partial charge >= 0.3 is 5.97 Å². The summed E-state index contributed by atoms with van der Waals surface area (Å²) in [6.45, 7) is 3.37. The number of carboxylic acid groups (broad SMARTS) is 1. The Morgan fingerprint density at radius 1 is 1.53 bits per heavy atom. The molecule has 1 rings (SSSR count). The van der Waals surface area contributed by atoms with E-state index in [1.165, 1.54) is 0 Å². The number of amides is 1. The predicted octanol–water partition coefficient (Wildman–Crippen LogP) is 1.30. The molecule has 0 atom stereocenters. The minimum Gasteiger partial charge on any atom is -0.481 e. The zero-order valence-electron chi connectivity index (χ0n) is 10.6. The van der Waals surface area contributed by atoms with Crippen molar-refractivity contribution in [2.75, 3.05) is 0 Å². The van der Waals surface area contributed by atoms with Crippen molar-refractivity contribution in [3.63, 3.8) is 0 Å². The number of hydrogen-bond acceptors (Lipinski definition) is 4. The highest BCUT2D eigenvalue weighted by Crippen LogP contribution is 2.15. The maximum atomic E-state index is 11.8. The molecule has 0 aromatic carbocycles. The van der Waals surface area contributed by atoms with Gasteiger partial charge in [0.2, 0.25) is 0 Å². The molecule has 1 heterocycles. The van der Waals surface area contributed by atoms with Gasteiger partial charge in [0.15, 0.2) is 0 Å². The van der Waals surface area contributed by atoms with Crippen molar-refractivity contribution in [1.82, 2.24) is 10.3 Å². The Labute approximate surface area is 109 Å². The largest absolute Gasteiger partial charge is 0.481 e. The standard InChI is InChI=1S/C11H15N3O5/c1-11(2,4-3-9(15)16)13-10(17)8-5-7(6-12-8)14(18)19/h5-6,12H,3-4H2,1-2H3,(H,13,17)(H,15,16). The molecular weight excluding hydrogens is 254 g/mol. The van der Waals surface area contributed by atoms with Crippen molar-refractivity contribution in [1.29, 1.82) is 0 Å². The van der Waals surface area contributed by atoms with Gasteiger partial charge in [-0.1, -0.05) is 0 Å². The van der Waals surface area contributed by atoms with E-state index in [2.05, 4.69) is 10.3 Å². The third-order valence-electron chi connectivity index (χ3n) is 2.54. The minimum atomic E-state index is -0.946. The minimum absolute atomic E-state index is 0.0649. The molecular formula is C11H15N3O5. The van der Waals surface area contributed by atoms with Crippen LogP contribution in [0.3, 0.4) is 0 Å². The van der Waals surface area contributed by atoms with Crippen molar-refractivity contribution in [2.45, 2.75) is 32.2 Å². The first kappa shape index (κ1) is 14.7. The number of carboxylic acids is 1. The number of hydrogen-bond donors (Lipinski definition) is 3. The number of nitro groups is 1. The zero-order chi connectivity index (χ0) is 14.6. The summed E-state index contributed by atoms with van der Waals surface area (Å²) in [4.78, 5) is 34.7. The van der Waals surface area contributed by atoms with Gasteiger partial charge in [0, 0.05) is 18.0 Å². The average Bonchev–Trinajstić information content (AvgIpc) is 2.75. The third-order valence-corrected chi connectivity index (χ3v) is 2.54. The lowest BCUT2D eigenvalue weighted by molar-refractivity contribution is -0.384.